The van der Waals surface area contributed by atoms with Crippen molar-refractivity contribution < 1.29 is 43.6 Å². The molecule has 0 amide bonds. The highest BCUT2D eigenvalue weighted by atomic mass is 35.5. The van der Waals surface area contributed by atoms with E-state index in [-0.39, 0.29) is 41.5 Å². The first-order valence-corrected chi connectivity index (χ1v) is 15.8. The molecule has 1 aliphatic carbocycles. The lowest BCUT2D eigenvalue weighted by Crippen LogP contribution is -2.19. The van der Waals surface area contributed by atoms with Crippen LogP contribution >= 0.6 is 11.6 Å². The smallest absolute Gasteiger partial charge is 0.296 e. The van der Waals surface area contributed by atoms with Gasteiger partial charge in [-0.2, -0.15) is 25.3 Å². The molecule has 1 atom stereocenters. The van der Waals surface area contributed by atoms with E-state index in [1.54, 1.807) is 6.08 Å². The first kappa shape index (κ1) is 34.8. The highest BCUT2D eigenvalue weighted by Gasteiger charge is 2.20. The summed E-state index contributed by atoms with van der Waals surface area (Å²) in [5, 5.41) is -0.498. The SMILES string of the molecule is NC1=CCC(S(=O)(=O)O)C=C1.Nc1cc(OCCCS(=O)(=O)O)c(N)cc1Cl.Nc1ccc(N)c(S(=O)(=O)O)c1. The number of rotatable bonds is 7. The molecule has 2 aromatic rings. The van der Waals surface area contributed by atoms with E-state index < -0.39 is 35.6 Å². The van der Waals surface area contributed by atoms with Gasteiger partial charge in [-0.1, -0.05) is 23.8 Å². The molecule has 0 radical (unpaired) electrons. The zero-order valence-corrected chi connectivity index (χ0v) is 23.9. The molecule has 3 rings (SSSR count). The lowest BCUT2D eigenvalue weighted by atomic mass is 10.1. The van der Waals surface area contributed by atoms with Crippen molar-refractivity contribution >= 4 is 64.7 Å². The normalized spacial score (nSPS) is 15.1. The molecule has 0 fully saturated rings. The molecule has 0 aliphatic heterocycles. The Labute approximate surface area is 236 Å². The molecule has 224 valence electrons. The average Bonchev–Trinajstić information content (AvgIpc) is 2.81. The molecule has 19 heteroatoms. The molecule has 1 unspecified atom stereocenters. The lowest BCUT2D eigenvalue weighted by Gasteiger charge is -2.10. The van der Waals surface area contributed by atoms with E-state index in [1.807, 2.05) is 0 Å². The standard InChI is InChI=1S/C9H13ClN2O4S.C6H8N2O3S.C6H9NO3S/c10-6-4-8(12)9(5-7(6)11)16-2-1-3-17(13,14)15;7-4-1-2-5(8)6(3-4)12(9,10)11;7-5-1-3-6(4-2-5)11(8,9)10/h4-5H,1-3,11-12H2,(H,13,14,15);1-3H,7-8H2,(H,9,10,11);1-3,6H,4,7H2,(H,8,9,10). The third-order valence-electron chi connectivity index (χ3n) is 4.72. The van der Waals surface area contributed by atoms with Gasteiger partial charge in [0.25, 0.3) is 30.4 Å². The van der Waals surface area contributed by atoms with Crippen LogP contribution < -0.4 is 33.4 Å². The fourth-order valence-electron chi connectivity index (χ4n) is 2.75. The molecule has 0 aromatic heterocycles. The van der Waals surface area contributed by atoms with Crippen molar-refractivity contribution in [3.63, 3.8) is 0 Å². The van der Waals surface area contributed by atoms with Crippen LogP contribution in [0, 0.1) is 0 Å². The highest BCUT2D eigenvalue weighted by Crippen LogP contribution is 2.30. The Hall–Kier alpha value is -3.26. The Balaban J connectivity index is 0.000000309. The second kappa shape index (κ2) is 14.4. The van der Waals surface area contributed by atoms with Crippen LogP contribution in [0.25, 0.3) is 0 Å². The highest BCUT2D eigenvalue weighted by molar-refractivity contribution is 7.86. The maximum absolute atomic E-state index is 10.6. The zero-order chi connectivity index (χ0) is 30.9. The fourth-order valence-corrected chi connectivity index (χ4v) is 4.67. The summed E-state index contributed by atoms with van der Waals surface area (Å²) in [5.74, 6) is -0.0297. The number of hydrogen-bond donors (Lipinski definition) is 8. The Morgan fingerprint density at radius 2 is 1.50 bits per heavy atom. The van der Waals surface area contributed by atoms with E-state index in [1.165, 1.54) is 36.4 Å². The molecular formula is C21H30ClN5O10S3. The second-order valence-corrected chi connectivity index (χ2v) is 13.0. The van der Waals surface area contributed by atoms with Crippen LogP contribution in [0.3, 0.4) is 0 Å². The summed E-state index contributed by atoms with van der Waals surface area (Å²) in [7, 11) is -12.2. The fraction of sp³-hybridized carbons (Fsp3) is 0.238. The summed E-state index contributed by atoms with van der Waals surface area (Å²) in [6.45, 7) is 0.102. The number of anilines is 4. The van der Waals surface area contributed by atoms with Gasteiger partial charge in [-0.25, -0.2) is 0 Å². The van der Waals surface area contributed by atoms with Crippen LogP contribution in [0.4, 0.5) is 22.7 Å². The van der Waals surface area contributed by atoms with Gasteiger partial charge in [-0.05, 0) is 43.2 Å². The average molecular weight is 644 g/mol. The van der Waals surface area contributed by atoms with Gasteiger partial charge in [0.2, 0.25) is 0 Å². The molecule has 15 nitrogen and oxygen atoms in total. The van der Waals surface area contributed by atoms with Gasteiger partial charge in [0, 0.05) is 17.5 Å². The first-order chi connectivity index (χ1) is 18.2. The Bertz CT molecular complexity index is 1580. The van der Waals surface area contributed by atoms with Crippen LogP contribution in [0.1, 0.15) is 12.8 Å². The van der Waals surface area contributed by atoms with Crippen LogP contribution in [0.2, 0.25) is 5.02 Å². The van der Waals surface area contributed by atoms with Gasteiger partial charge >= 0.3 is 0 Å². The molecular weight excluding hydrogens is 614 g/mol. The summed E-state index contributed by atoms with van der Waals surface area (Å²) >= 11 is 5.73. The minimum absolute atomic E-state index is 0.0216. The number of halogens is 1. The van der Waals surface area contributed by atoms with Gasteiger partial charge in [-0.3, -0.25) is 13.7 Å². The van der Waals surface area contributed by atoms with E-state index >= 15 is 0 Å². The third kappa shape index (κ3) is 12.7. The van der Waals surface area contributed by atoms with Crippen LogP contribution in [0.5, 0.6) is 5.75 Å². The van der Waals surface area contributed by atoms with E-state index in [9.17, 15) is 25.3 Å². The predicted molar refractivity (Wildman–Crippen MR) is 153 cm³/mol. The van der Waals surface area contributed by atoms with Crippen LogP contribution in [-0.2, 0) is 30.4 Å². The molecule has 40 heavy (non-hydrogen) atoms. The van der Waals surface area contributed by atoms with Crippen molar-refractivity contribution in [1.82, 2.24) is 0 Å². The quantitative estimate of drug-likeness (QED) is 0.120. The van der Waals surface area contributed by atoms with Crippen molar-refractivity contribution in [2.75, 3.05) is 35.3 Å². The number of nitrogens with two attached hydrogens (primary N) is 5. The summed E-state index contributed by atoms with van der Waals surface area (Å²) < 4.78 is 94.1. The van der Waals surface area contributed by atoms with Gasteiger partial charge < -0.3 is 33.4 Å². The molecule has 0 saturated carbocycles. The number of ether oxygens (including phenoxy) is 1. The Morgan fingerprint density at radius 1 is 0.875 bits per heavy atom. The molecule has 1 aliphatic rings. The summed E-state index contributed by atoms with van der Waals surface area (Å²) in [5.41, 5.74) is 28.5. The van der Waals surface area contributed by atoms with Crippen molar-refractivity contribution in [3.8, 4) is 5.75 Å². The van der Waals surface area contributed by atoms with Crippen LogP contribution in [-0.4, -0.2) is 56.5 Å². The van der Waals surface area contributed by atoms with Crippen molar-refractivity contribution in [2.24, 2.45) is 5.73 Å². The predicted octanol–water partition coefficient (Wildman–Crippen LogP) is 1.30. The summed E-state index contributed by atoms with van der Waals surface area (Å²) in [4.78, 5) is -0.359. The minimum atomic E-state index is -4.26. The largest absolute Gasteiger partial charge is 0.491 e. The zero-order valence-electron chi connectivity index (χ0n) is 20.7. The maximum Gasteiger partial charge on any atom is 0.296 e. The van der Waals surface area contributed by atoms with Gasteiger partial charge in [0.05, 0.1) is 34.4 Å². The van der Waals surface area contributed by atoms with Crippen molar-refractivity contribution in [3.05, 3.63) is 59.3 Å². The van der Waals surface area contributed by atoms with E-state index in [0.717, 1.165) is 6.07 Å². The van der Waals surface area contributed by atoms with Crippen molar-refractivity contribution in [1.29, 1.82) is 0 Å². The molecule has 0 spiro atoms. The molecule has 0 heterocycles. The van der Waals surface area contributed by atoms with Crippen molar-refractivity contribution in [2.45, 2.75) is 23.0 Å². The monoisotopic (exact) mass is 643 g/mol. The summed E-state index contributed by atoms with van der Waals surface area (Å²) in [6.07, 6.45) is 4.83. The molecule has 2 aromatic carbocycles. The summed E-state index contributed by atoms with van der Waals surface area (Å²) in [6, 6.07) is 6.78. The Kier molecular flexibility index (Phi) is 12.5. The minimum Gasteiger partial charge on any atom is -0.491 e. The molecule has 13 N–H and O–H groups in total. The van der Waals surface area contributed by atoms with Crippen LogP contribution in [0.15, 0.2) is 59.2 Å². The maximum atomic E-state index is 10.6. The van der Waals surface area contributed by atoms with Gasteiger partial charge in [0.15, 0.2) is 0 Å². The Morgan fingerprint density at radius 3 is 1.98 bits per heavy atom. The first-order valence-electron chi connectivity index (χ1n) is 10.9. The van der Waals surface area contributed by atoms with Gasteiger partial charge in [-0.15, -0.1) is 0 Å². The lowest BCUT2D eigenvalue weighted by molar-refractivity contribution is 0.318. The molecule has 0 bridgehead atoms. The number of allylic oxidation sites excluding steroid dienone is 2. The van der Waals surface area contributed by atoms with E-state index in [4.69, 9.17) is 58.7 Å². The van der Waals surface area contributed by atoms with Gasteiger partial charge in [0.1, 0.15) is 15.9 Å². The molecule has 0 saturated heterocycles. The van der Waals surface area contributed by atoms with E-state index in [0.29, 0.717) is 27.8 Å². The van der Waals surface area contributed by atoms with E-state index in [2.05, 4.69) is 0 Å². The number of nitrogen functional groups attached to an aromatic ring is 4. The second-order valence-electron chi connectivity index (χ2n) is 8.02. The number of benzene rings is 2. The number of hydrogen-bond acceptors (Lipinski definition) is 12. The topological polar surface area (TPSA) is 302 Å². The third-order valence-corrected chi connectivity index (χ3v) is 7.88.